The Bertz CT molecular complexity index is 615. The molecule has 122 valence electrons. The van der Waals surface area contributed by atoms with E-state index in [1.807, 2.05) is 18.7 Å². The lowest BCUT2D eigenvalue weighted by Gasteiger charge is -2.27. The van der Waals surface area contributed by atoms with Gasteiger partial charge in [-0.3, -0.25) is 4.79 Å². The van der Waals surface area contributed by atoms with Crippen LogP contribution < -0.4 is 10.2 Å². The molecule has 7 nitrogen and oxygen atoms in total. The number of carbonyl (C=O) groups is 1. The molecule has 8 heteroatoms. The van der Waals surface area contributed by atoms with Crippen LogP contribution in [0.15, 0.2) is 12.4 Å². The van der Waals surface area contributed by atoms with Gasteiger partial charge in [0.15, 0.2) is 9.84 Å². The fourth-order valence-corrected chi connectivity index (χ4v) is 4.28. The molecule has 1 amide bonds. The molecule has 0 spiro atoms. The van der Waals surface area contributed by atoms with Crippen LogP contribution in [0.25, 0.3) is 0 Å². The van der Waals surface area contributed by atoms with Gasteiger partial charge >= 0.3 is 0 Å². The first-order valence-electron chi connectivity index (χ1n) is 7.54. The molecule has 1 aliphatic rings. The van der Waals surface area contributed by atoms with Crippen LogP contribution in [0.2, 0.25) is 0 Å². The van der Waals surface area contributed by atoms with Crippen LogP contribution in [-0.2, 0) is 9.84 Å². The quantitative estimate of drug-likeness (QED) is 0.824. The van der Waals surface area contributed by atoms with Crippen LogP contribution in [0.5, 0.6) is 0 Å². The molecular weight excluding hydrogens is 304 g/mol. The number of aromatic nitrogens is 2. The summed E-state index contributed by atoms with van der Waals surface area (Å²) in [7, 11) is -2.94. The number of nitrogens with zero attached hydrogens (tertiary/aromatic N) is 3. The molecule has 1 fully saturated rings. The maximum atomic E-state index is 11.8. The van der Waals surface area contributed by atoms with E-state index in [4.69, 9.17) is 0 Å². The standard InChI is InChI=1S/C14H22N4O3S/c1-3-6-15-14(19)12-8-17-13(9-16-12)18(4-2)11-5-7-22(20,21)10-11/h8-9,11H,3-7,10H2,1-2H3,(H,15,19). The van der Waals surface area contributed by atoms with Crippen molar-refractivity contribution in [3.63, 3.8) is 0 Å². The fourth-order valence-electron chi connectivity index (χ4n) is 2.54. The van der Waals surface area contributed by atoms with Crippen molar-refractivity contribution in [3.05, 3.63) is 18.1 Å². The Kier molecular flexibility index (Phi) is 5.33. The van der Waals surface area contributed by atoms with Crippen LogP contribution in [0.1, 0.15) is 37.2 Å². The molecule has 0 aliphatic carbocycles. The van der Waals surface area contributed by atoms with Gasteiger partial charge in [-0.05, 0) is 19.8 Å². The molecule has 1 aliphatic heterocycles. The second kappa shape index (κ2) is 7.04. The Labute approximate surface area is 131 Å². The summed E-state index contributed by atoms with van der Waals surface area (Å²) in [5, 5.41) is 2.74. The van der Waals surface area contributed by atoms with Gasteiger partial charge in [0.05, 0.1) is 23.9 Å². The van der Waals surface area contributed by atoms with Crippen LogP contribution in [0.3, 0.4) is 0 Å². The number of carbonyl (C=O) groups excluding carboxylic acids is 1. The minimum Gasteiger partial charge on any atom is -0.352 e. The molecule has 0 radical (unpaired) electrons. The van der Waals surface area contributed by atoms with E-state index in [-0.39, 0.29) is 29.1 Å². The Balaban J connectivity index is 2.09. The van der Waals surface area contributed by atoms with Crippen molar-refractivity contribution in [3.8, 4) is 0 Å². The summed E-state index contributed by atoms with van der Waals surface area (Å²) in [5.74, 6) is 0.740. The summed E-state index contributed by atoms with van der Waals surface area (Å²) in [6.07, 6.45) is 4.44. The molecule has 2 heterocycles. The monoisotopic (exact) mass is 326 g/mol. The normalized spacial score (nSPS) is 19.8. The van der Waals surface area contributed by atoms with Crippen LogP contribution in [0, 0.1) is 0 Å². The maximum Gasteiger partial charge on any atom is 0.271 e. The predicted octanol–water partition coefficient (Wildman–Crippen LogP) is 0.630. The summed E-state index contributed by atoms with van der Waals surface area (Å²) in [6.45, 7) is 5.18. The first kappa shape index (κ1) is 16.7. The van der Waals surface area contributed by atoms with Crippen molar-refractivity contribution in [1.29, 1.82) is 0 Å². The minimum atomic E-state index is -2.94. The van der Waals surface area contributed by atoms with E-state index in [0.717, 1.165) is 6.42 Å². The lowest BCUT2D eigenvalue weighted by molar-refractivity contribution is 0.0948. The zero-order valence-electron chi connectivity index (χ0n) is 12.9. The predicted molar refractivity (Wildman–Crippen MR) is 84.7 cm³/mol. The number of sulfone groups is 1. The van der Waals surface area contributed by atoms with Crippen LogP contribution >= 0.6 is 0 Å². The third kappa shape index (κ3) is 3.94. The number of anilines is 1. The maximum absolute atomic E-state index is 11.8. The summed E-state index contributed by atoms with van der Waals surface area (Å²) in [6, 6.07) is -0.0657. The highest BCUT2D eigenvalue weighted by Gasteiger charge is 2.32. The van der Waals surface area contributed by atoms with Crippen LogP contribution in [-0.4, -0.2) is 54.9 Å². The largest absolute Gasteiger partial charge is 0.352 e. The SMILES string of the molecule is CCCNC(=O)c1cnc(N(CC)C2CCS(=O)(=O)C2)cn1. The average Bonchev–Trinajstić information content (AvgIpc) is 2.86. The van der Waals surface area contributed by atoms with Crippen molar-refractivity contribution in [2.24, 2.45) is 0 Å². The van der Waals surface area contributed by atoms with Crippen molar-refractivity contribution in [1.82, 2.24) is 15.3 Å². The zero-order valence-corrected chi connectivity index (χ0v) is 13.8. The molecule has 1 N–H and O–H groups in total. The number of amides is 1. The van der Waals surface area contributed by atoms with Crippen molar-refractivity contribution < 1.29 is 13.2 Å². The number of nitrogens with one attached hydrogen (secondary N) is 1. The van der Waals surface area contributed by atoms with E-state index in [1.165, 1.54) is 12.4 Å². The number of hydrogen-bond donors (Lipinski definition) is 1. The molecule has 1 aromatic heterocycles. The Morgan fingerprint density at radius 3 is 2.64 bits per heavy atom. The Hall–Kier alpha value is -1.70. The third-order valence-corrected chi connectivity index (χ3v) is 5.44. The fraction of sp³-hybridized carbons (Fsp3) is 0.643. The second-order valence-corrected chi connectivity index (χ2v) is 7.59. The summed E-state index contributed by atoms with van der Waals surface area (Å²) in [5.41, 5.74) is 0.271. The van der Waals surface area contributed by atoms with E-state index in [2.05, 4.69) is 15.3 Å². The Morgan fingerprint density at radius 2 is 2.14 bits per heavy atom. The summed E-state index contributed by atoms with van der Waals surface area (Å²) in [4.78, 5) is 22.1. The van der Waals surface area contributed by atoms with Gasteiger partial charge in [-0.25, -0.2) is 18.4 Å². The molecule has 2 rings (SSSR count). The third-order valence-electron chi connectivity index (χ3n) is 3.69. The minimum absolute atomic E-state index is 0.0657. The number of hydrogen-bond acceptors (Lipinski definition) is 6. The van der Waals surface area contributed by atoms with Crippen molar-refractivity contribution in [2.45, 2.75) is 32.7 Å². The molecular formula is C14H22N4O3S. The van der Waals surface area contributed by atoms with E-state index < -0.39 is 9.84 Å². The first-order valence-corrected chi connectivity index (χ1v) is 9.36. The average molecular weight is 326 g/mol. The highest BCUT2D eigenvalue weighted by molar-refractivity contribution is 7.91. The second-order valence-electron chi connectivity index (χ2n) is 5.36. The van der Waals surface area contributed by atoms with Gasteiger partial charge in [0.25, 0.3) is 5.91 Å². The molecule has 0 saturated carbocycles. The highest BCUT2D eigenvalue weighted by Crippen LogP contribution is 2.22. The smallest absolute Gasteiger partial charge is 0.271 e. The van der Waals surface area contributed by atoms with Crippen LogP contribution in [0.4, 0.5) is 5.82 Å². The van der Waals surface area contributed by atoms with Crippen molar-refractivity contribution >= 4 is 21.6 Å². The van der Waals surface area contributed by atoms with Gasteiger partial charge in [0.1, 0.15) is 11.5 Å². The molecule has 22 heavy (non-hydrogen) atoms. The molecule has 1 aromatic rings. The molecule has 0 bridgehead atoms. The van der Waals surface area contributed by atoms with Gasteiger partial charge in [0, 0.05) is 19.1 Å². The number of rotatable bonds is 6. The van der Waals surface area contributed by atoms with E-state index in [0.29, 0.717) is 25.3 Å². The van der Waals surface area contributed by atoms with Crippen molar-refractivity contribution in [2.75, 3.05) is 29.5 Å². The van der Waals surface area contributed by atoms with E-state index in [9.17, 15) is 13.2 Å². The Morgan fingerprint density at radius 1 is 1.36 bits per heavy atom. The molecule has 1 saturated heterocycles. The lowest BCUT2D eigenvalue weighted by Crippen LogP contribution is -2.37. The topological polar surface area (TPSA) is 92.3 Å². The van der Waals surface area contributed by atoms with E-state index >= 15 is 0 Å². The van der Waals surface area contributed by atoms with Gasteiger partial charge in [-0.15, -0.1) is 0 Å². The first-order chi connectivity index (χ1) is 10.5. The van der Waals surface area contributed by atoms with Gasteiger partial charge < -0.3 is 10.2 Å². The highest BCUT2D eigenvalue weighted by atomic mass is 32.2. The molecule has 0 aromatic carbocycles. The van der Waals surface area contributed by atoms with Gasteiger partial charge in [-0.1, -0.05) is 6.92 Å². The lowest BCUT2D eigenvalue weighted by atomic mass is 10.2. The summed E-state index contributed by atoms with van der Waals surface area (Å²) < 4.78 is 23.2. The molecule has 1 unspecified atom stereocenters. The molecule has 1 atom stereocenters. The van der Waals surface area contributed by atoms with E-state index in [1.54, 1.807) is 0 Å². The zero-order chi connectivity index (χ0) is 16.2. The van der Waals surface area contributed by atoms with Gasteiger partial charge in [-0.2, -0.15) is 0 Å². The van der Waals surface area contributed by atoms with Gasteiger partial charge in [0.2, 0.25) is 0 Å². The summed E-state index contributed by atoms with van der Waals surface area (Å²) >= 11 is 0.